The minimum Gasteiger partial charge on any atom is -0.344 e. The van der Waals surface area contributed by atoms with E-state index in [-0.39, 0.29) is 0 Å². The lowest BCUT2D eigenvalue weighted by atomic mass is 10.5. The number of hydrogen-bond donors (Lipinski definition) is 1. The molecule has 0 saturated carbocycles. The maximum absolute atomic E-state index is 9.41. The summed E-state index contributed by atoms with van der Waals surface area (Å²) in [5, 5.41) is 2.36. The van der Waals surface area contributed by atoms with Crippen molar-refractivity contribution in [1.29, 1.82) is 0 Å². The molecule has 0 aliphatic heterocycles. The number of carbonyl (C=O) groups excluding carboxylic acids is 1. The number of rotatable bonds is 3. The first-order valence-electron chi connectivity index (χ1n) is 2.13. The highest BCUT2D eigenvalue weighted by molar-refractivity contribution is 5.47. The molecule has 0 atom stereocenters. The summed E-state index contributed by atoms with van der Waals surface area (Å²) in [6.45, 7) is 2.48. The van der Waals surface area contributed by atoms with E-state index in [0.29, 0.717) is 6.54 Å². The minimum absolute atomic E-state index is 0.583. The monoisotopic (exact) mass is 98.1 g/mol. The van der Waals surface area contributed by atoms with Gasteiger partial charge in [0.05, 0.1) is 0 Å². The molecule has 0 saturated heterocycles. The standard InChI is InChI=1S/C5H8NO/c1-2-3-4-6-5-7/h2-3H,4H2,1H3,(H,6,7). The maximum atomic E-state index is 9.41. The van der Waals surface area contributed by atoms with Gasteiger partial charge < -0.3 is 5.32 Å². The van der Waals surface area contributed by atoms with E-state index in [0.717, 1.165) is 0 Å². The molecule has 1 N–H and O–H groups in total. The predicted molar refractivity (Wildman–Crippen MR) is 28.5 cm³/mol. The highest BCUT2D eigenvalue weighted by atomic mass is 16.1. The zero-order valence-electron chi connectivity index (χ0n) is 4.27. The van der Waals surface area contributed by atoms with Gasteiger partial charge in [-0.15, -0.1) is 0 Å². The molecule has 1 amide bonds. The van der Waals surface area contributed by atoms with Gasteiger partial charge in [0.1, 0.15) is 0 Å². The van der Waals surface area contributed by atoms with E-state index in [2.05, 4.69) is 5.32 Å². The van der Waals surface area contributed by atoms with Crippen LogP contribution in [0.15, 0.2) is 12.2 Å². The number of allylic oxidation sites excluding steroid dienone is 1. The zero-order chi connectivity index (χ0) is 5.54. The van der Waals surface area contributed by atoms with Crippen molar-refractivity contribution in [3.63, 3.8) is 0 Å². The van der Waals surface area contributed by atoms with Crippen molar-refractivity contribution in [2.75, 3.05) is 6.54 Å². The smallest absolute Gasteiger partial charge is 0.309 e. The summed E-state index contributed by atoms with van der Waals surface area (Å²) >= 11 is 0. The molecule has 0 aliphatic rings. The van der Waals surface area contributed by atoms with Crippen LogP contribution in [-0.2, 0) is 4.79 Å². The van der Waals surface area contributed by atoms with Gasteiger partial charge in [-0.1, -0.05) is 12.2 Å². The normalized spacial score (nSPS) is 9.29. The molecule has 0 fully saturated rings. The maximum Gasteiger partial charge on any atom is 0.309 e. The van der Waals surface area contributed by atoms with Crippen molar-refractivity contribution < 1.29 is 4.79 Å². The highest BCUT2D eigenvalue weighted by Crippen LogP contribution is 1.62. The Kier molecular flexibility index (Phi) is 4.62. The Morgan fingerprint density at radius 3 is 3.00 bits per heavy atom. The third-order valence-corrected chi connectivity index (χ3v) is 0.528. The first-order valence-corrected chi connectivity index (χ1v) is 2.13. The van der Waals surface area contributed by atoms with Crippen LogP contribution < -0.4 is 5.32 Å². The Labute approximate surface area is 43.2 Å². The van der Waals surface area contributed by atoms with Gasteiger partial charge in [0.15, 0.2) is 0 Å². The molecule has 7 heavy (non-hydrogen) atoms. The lowest BCUT2D eigenvalue weighted by Crippen LogP contribution is -2.08. The van der Waals surface area contributed by atoms with E-state index >= 15 is 0 Å². The van der Waals surface area contributed by atoms with Crippen LogP contribution in [0.1, 0.15) is 6.92 Å². The molecule has 1 radical (unpaired) electrons. The Bertz CT molecular complexity index is 68.5. The molecule has 0 aliphatic carbocycles. The van der Waals surface area contributed by atoms with E-state index in [1.807, 2.05) is 19.1 Å². The molecule has 2 heteroatoms. The third kappa shape index (κ3) is 5.21. The van der Waals surface area contributed by atoms with E-state index in [4.69, 9.17) is 0 Å². The fourth-order valence-electron chi connectivity index (χ4n) is 0.218. The average Bonchev–Trinajstić information content (AvgIpc) is 1.69. The second kappa shape index (κ2) is 5.21. The number of amides is 1. The molecule has 39 valence electrons. The van der Waals surface area contributed by atoms with Crippen LogP contribution in [0.5, 0.6) is 0 Å². The summed E-state index contributed by atoms with van der Waals surface area (Å²) in [7, 11) is 0. The summed E-state index contributed by atoms with van der Waals surface area (Å²) in [5.74, 6) is 0. The molecular formula is C5H8NO. The van der Waals surface area contributed by atoms with E-state index in [9.17, 15) is 4.79 Å². The molecule has 0 bridgehead atoms. The Morgan fingerprint density at radius 1 is 1.86 bits per heavy atom. The summed E-state index contributed by atoms with van der Waals surface area (Å²) in [6.07, 6.45) is 5.25. The summed E-state index contributed by atoms with van der Waals surface area (Å²) in [4.78, 5) is 9.41. The highest BCUT2D eigenvalue weighted by Gasteiger charge is 1.68. The first-order chi connectivity index (χ1) is 3.41. The van der Waals surface area contributed by atoms with Crippen molar-refractivity contribution in [3.05, 3.63) is 12.2 Å². The van der Waals surface area contributed by atoms with Gasteiger partial charge >= 0.3 is 6.41 Å². The second-order valence-corrected chi connectivity index (χ2v) is 1.05. The van der Waals surface area contributed by atoms with Crippen LogP contribution in [0.25, 0.3) is 0 Å². The van der Waals surface area contributed by atoms with Crippen molar-refractivity contribution in [2.45, 2.75) is 6.92 Å². The van der Waals surface area contributed by atoms with Gasteiger partial charge in [0.2, 0.25) is 0 Å². The van der Waals surface area contributed by atoms with Crippen LogP contribution in [0.4, 0.5) is 0 Å². The van der Waals surface area contributed by atoms with E-state index < -0.39 is 0 Å². The summed E-state index contributed by atoms with van der Waals surface area (Å²) in [6, 6.07) is 0. The molecule has 0 aromatic heterocycles. The Balaban J connectivity index is 2.82. The molecule has 0 unspecified atom stereocenters. The number of hydrogen-bond acceptors (Lipinski definition) is 1. The Morgan fingerprint density at radius 2 is 2.57 bits per heavy atom. The SMILES string of the molecule is CC=CCN[C]=O. The third-order valence-electron chi connectivity index (χ3n) is 0.528. The molecule has 0 aromatic carbocycles. The summed E-state index contributed by atoms with van der Waals surface area (Å²) < 4.78 is 0. The van der Waals surface area contributed by atoms with Crippen LogP contribution in [0.2, 0.25) is 0 Å². The van der Waals surface area contributed by atoms with Crippen molar-refractivity contribution in [2.24, 2.45) is 0 Å². The van der Waals surface area contributed by atoms with Gasteiger partial charge in [-0.05, 0) is 6.92 Å². The average molecular weight is 98.1 g/mol. The van der Waals surface area contributed by atoms with Crippen molar-refractivity contribution in [3.8, 4) is 0 Å². The fourth-order valence-corrected chi connectivity index (χ4v) is 0.218. The van der Waals surface area contributed by atoms with Gasteiger partial charge in [0, 0.05) is 6.54 Å². The van der Waals surface area contributed by atoms with E-state index in [1.54, 1.807) is 6.41 Å². The largest absolute Gasteiger partial charge is 0.344 e. The predicted octanol–water partition coefficient (Wildman–Crippen LogP) is 0.219. The Hall–Kier alpha value is -0.790. The molecule has 0 heterocycles. The quantitative estimate of drug-likeness (QED) is 0.305. The van der Waals surface area contributed by atoms with E-state index in [1.165, 1.54) is 0 Å². The zero-order valence-corrected chi connectivity index (χ0v) is 4.27. The minimum atomic E-state index is 0.583. The lowest BCUT2D eigenvalue weighted by molar-refractivity contribution is 0.546. The number of nitrogens with one attached hydrogen (secondary N) is 1. The van der Waals surface area contributed by atoms with Gasteiger partial charge in [0.25, 0.3) is 0 Å². The molecule has 2 nitrogen and oxygen atoms in total. The van der Waals surface area contributed by atoms with Crippen molar-refractivity contribution in [1.82, 2.24) is 5.32 Å². The molecule has 0 spiro atoms. The topological polar surface area (TPSA) is 29.1 Å². The van der Waals surface area contributed by atoms with Gasteiger partial charge in [-0.2, -0.15) is 0 Å². The van der Waals surface area contributed by atoms with Crippen LogP contribution in [0.3, 0.4) is 0 Å². The molecular weight excluding hydrogens is 90.1 g/mol. The molecule has 0 rings (SSSR count). The van der Waals surface area contributed by atoms with Gasteiger partial charge in [-0.3, -0.25) is 4.79 Å². The lowest BCUT2D eigenvalue weighted by Gasteiger charge is -1.81. The van der Waals surface area contributed by atoms with Gasteiger partial charge in [-0.25, -0.2) is 0 Å². The first kappa shape index (κ1) is 6.21. The van der Waals surface area contributed by atoms with Crippen LogP contribution in [0, 0.1) is 0 Å². The second-order valence-electron chi connectivity index (χ2n) is 1.05. The van der Waals surface area contributed by atoms with Crippen LogP contribution >= 0.6 is 0 Å². The van der Waals surface area contributed by atoms with Crippen molar-refractivity contribution >= 4 is 6.41 Å². The summed E-state index contributed by atoms with van der Waals surface area (Å²) in [5.41, 5.74) is 0. The van der Waals surface area contributed by atoms with Crippen LogP contribution in [-0.4, -0.2) is 13.0 Å². The fraction of sp³-hybridized carbons (Fsp3) is 0.400. The molecule has 0 aromatic rings.